The van der Waals surface area contributed by atoms with Gasteiger partial charge in [0.15, 0.2) is 0 Å². The molecule has 3 heteroatoms. The number of nitrogens with one attached hydrogen (secondary N) is 1. The molecular weight excluding hydrogens is 179 g/mol. The SMILES string of the molecule is Nc1cc(F)cc([C@@H]2CCCCN2)c1. The summed E-state index contributed by atoms with van der Waals surface area (Å²) in [6.45, 7) is 1.01. The van der Waals surface area contributed by atoms with Crippen LogP contribution in [0, 0.1) is 5.82 Å². The van der Waals surface area contributed by atoms with Crippen LogP contribution in [0.5, 0.6) is 0 Å². The van der Waals surface area contributed by atoms with Crippen molar-refractivity contribution in [3.63, 3.8) is 0 Å². The Kier molecular flexibility index (Phi) is 2.68. The molecule has 76 valence electrons. The van der Waals surface area contributed by atoms with E-state index in [1.165, 1.54) is 18.9 Å². The standard InChI is InChI=1S/C11H15FN2/c12-9-5-8(6-10(13)7-9)11-3-1-2-4-14-11/h5-7,11,14H,1-4,13H2/t11-/m0/s1. The second kappa shape index (κ2) is 3.96. The average molecular weight is 194 g/mol. The van der Waals surface area contributed by atoms with Gasteiger partial charge < -0.3 is 11.1 Å². The van der Waals surface area contributed by atoms with E-state index in [2.05, 4.69) is 5.32 Å². The van der Waals surface area contributed by atoms with Gasteiger partial charge in [0.25, 0.3) is 0 Å². The van der Waals surface area contributed by atoms with Gasteiger partial charge in [-0.05, 0) is 43.1 Å². The number of hydrogen-bond acceptors (Lipinski definition) is 2. The van der Waals surface area contributed by atoms with Crippen LogP contribution in [0.1, 0.15) is 30.9 Å². The summed E-state index contributed by atoms with van der Waals surface area (Å²) in [7, 11) is 0. The average Bonchev–Trinajstić information content (AvgIpc) is 2.18. The molecule has 0 amide bonds. The minimum Gasteiger partial charge on any atom is -0.399 e. The molecule has 1 aromatic carbocycles. The van der Waals surface area contributed by atoms with Crippen LogP contribution in [0.25, 0.3) is 0 Å². The minimum atomic E-state index is -0.243. The van der Waals surface area contributed by atoms with Gasteiger partial charge in [-0.15, -0.1) is 0 Å². The Labute approximate surface area is 83.3 Å². The van der Waals surface area contributed by atoms with Crippen molar-refractivity contribution in [1.29, 1.82) is 0 Å². The molecule has 0 radical (unpaired) electrons. The maximum Gasteiger partial charge on any atom is 0.125 e. The lowest BCUT2D eigenvalue weighted by molar-refractivity contribution is 0.411. The first-order valence-electron chi connectivity index (χ1n) is 5.05. The van der Waals surface area contributed by atoms with Crippen LogP contribution in [-0.2, 0) is 0 Å². The molecule has 0 bridgehead atoms. The Morgan fingerprint density at radius 3 is 2.79 bits per heavy atom. The number of nitrogen functional groups attached to an aromatic ring is 1. The van der Waals surface area contributed by atoms with Gasteiger partial charge in [-0.3, -0.25) is 0 Å². The van der Waals surface area contributed by atoms with Gasteiger partial charge in [-0.25, -0.2) is 4.39 Å². The Balaban J connectivity index is 2.21. The summed E-state index contributed by atoms with van der Waals surface area (Å²) in [6.07, 6.45) is 3.48. The van der Waals surface area contributed by atoms with Crippen molar-refractivity contribution >= 4 is 5.69 Å². The number of nitrogens with two attached hydrogens (primary N) is 1. The van der Waals surface area contributed by atoms with Crippen LogP contribution in [0.4, 0.5) is 10.1 Å². The zero-order chi connectivity index (χ0) is 9.97. The summed E-state index contributed by atoms with van der Waals surface area (Å²) >= 11 is 0. The fourth-order valence-corrected chi connectivity index (χ4v) is 1.97. The summed E-state index contributed by atoms with van der Waals surface area (Å²) in [4.78, 5) is 0. The molecule has 1 aliphatic heterocycles. The van der Waals surface area contributed by atoms with Gasteiger partial charge in [0, 0.05) is 11.7 Å². The predicted octanol–water partition coefficient (Wildman–Crippen LogP) is 2.22. The normalized spacial score (nSPS) is 22.2. The highest BCUT2D eigenvalue weighted by Crippen LogP contribution is 2.25. The molecule has 2 nitrogen and oxygen atoms in total. The van der Waals surface area contributed by atoms with E-state index >= 15 is 0 Å². The van der Waals surface area contributed by atoms with Crippen LogP contribution in [0.3, 0.4) is 0 Å². The number of hydrogen-bond donors (Lipinski definition) is 2. The number of anilines is 1. The molecule has 1 atom stereocenters. The Morgan fingerprint density at radius 1 is 1.29 bits per heavy atom. The first kappa shape index (κ1) is 9.46. The molecule has 2 rings (SSSR count). The molecule has 1 fully saturated rings. The molecule has 1 aromatic rings. The van der Waals surface area contributed by atoms with Crippen molar-refractivity contribution in [2.75, 3.05) is 12.3 Å². The quantitative estimate of drug-likeness (QED) is 0.673. The summed E-state index contributed by atoms with van der Waals surface area (Å²) in [5.74, 6) is -0.243. The maximum absolute atomic E-state index is 13.1. The highest BCUT2D eigenvalue weighted by atomic mass is 19.1. The Hall–Kier alpha value is -1.09. The van der Waals surface area contributed by atoms with Crippen molar-refractivity contribution in [2.45, 2.75) is 25.3 Å². The zero-order valence-electron chi connectivity index (χ0n) is 8.09. The van der Waals surface area contributed by atoms with Gasteiger partial charge in [0.2, 0.25) is 0 Å². The molecule has 1 saturated heterocycles. The number of halogens is 1. The van der Waals surface area contributed by atoms with E-state index in [4.69, 9.17) is 5.73 Å². The smallest absolute Gasteiger partial charge is 0.125 e. The van der Waals surface area contributed by atoms with Crippen molar-refractivity contribution in [3.8, 4) is 0 Å². The first-order chi connectivity index (χ1) is 6.75. The van der Waals surface area contributed by atoms with Gasteiger partial charge >= 0.3 is 0 Å². The summed E-state index contributed by atoms with van der Waals surface area (Å²) < 4.78 is 13.1. The van der Waals surface area contributed by atoms with Crippen LogP contribution < -0.4 is 11.1 Å². The summed E-state index contributed by atoms with van der Waals surface area (Å²) in [5, 5.41) is 3.37. The second-order valence-corrected chi connectivity index (χ2v) is 3.82. The van der Waals surface area contributed by atoms with E-state index in [-0.39, 0.29) is 11.9 Å². The highest BCUT2D eigenvalue weighted by Gasteiger charge is 2.15. The summed E-state index contributed by atoms with van der Waals surface area (Å²) in [5.41, 5.74) is 7.08. The van der Waals surface area contributed by atoms with E-state index in [0.29, 0.717) is 5.69 Å². The van der Waals surface area contributed by atoms with E-state index in [1.807, 2.05) is 6.07 Å². The maximum atomic E-state index is 13.1. The van der Waals surface area contributed by atoms with E-state index < -0.39 is 0 Å². The zero-order valence-corrected chi connectivity index (χ0v) is 8.09. The van der Waals surface area contributed by atoms with Crippen LogP contribution in [0.2, 0.25) is 0 Å². The minimum absolute atomic E-state index is 0.243. The van der Waals surface area contributed by atoms with E-state index in [0.717, 1.165) is 18.5 Å². The Bertz CT molecular complexity index is 299. The molecule has 14 heavy (non-hydrogen) atoms. The molecule has 0 unspecified atom stereocenters. The predicted molar refractivity (Wildman–Crippen MR) is 55.4 cm³/mol. The first-order valence-corrected chi connectivity index (χ1v) is 5.05. The van der Waals surface area contributed by atoms with Crippen LogP contribution in [0.15, 0.2) is 18.2 Å². The summed E-state index contributed by atoms with van der Waals surface area (Å²) in [6, 6.07) is 5.05. The lowest BCUT2D eigenvalue weighted by Gasteiger charge is -2.24. The van der Waals surface area contributed by atoms with Crippen LogP contribution >= 0.6 is 0 Å². The highest BCUT2D eigenvalue weighted by molar-refractivity contribution is 5.42. The molecule has 0 saturated carbocycles. The molecule has 3 N–H and O–H groups in total. The van der Waals surface area contributed by atoms with Crippen LogP contribution in [-0.4, -0.2) is 6.54 Å². The molecule has 0 spiro atoms. The monoisotopic (exact) mass is 194 g/mol. The topological polar surface area (TPSA) is 38.0 Å². The molecule has 1 heterocycles. The molecule has 0 aliphatic carbocycles. The fourth-order valence-electron chi connectivity index (χ4n) is 1.97. The van der Waals surface area contributed by atoms with Gasteiger partial charge in [0.05, 0.1) is 0 Å². The van der Waals surface area contributed by atoms with Gasteiger partial charge in [-0.1, -0.05) is 6.42 Å². The number of rotatable bonds is 1. The molecular formula is C11H15FN2. The fraction of sp³-hybridized carbons (Fsp3) is 0.455. The van der Waals surface area contributed by atoms with Gasteiger partial charge in [0.1, 0.15) is 5.82 Å². The van der Waals surface area contributed by atoms with Crippen molar-refractivity contribution < 1.29 is 4.39 Å². The Morgan fingerprint density at radius 2 is 2.14 bits per heavy atom. The third-order valence-electron chi connectivity index (χ3n) is 2.66. The number of piperidine rings is 1. The largest absolute Gasteiger partial charge is 0.399 e. The molecule has 0 aromatic heterocycles. The second-order valence-electron chi connectivity index (χ2n) is 3.82. The lowest BCUT2D eigenvalue weighted by Crippen LogP contribution is -2.26. The van der Waals surface area contributed by atoms with Crippen molar-refractivity contribution in [1.82, 2.24) is 5.32 Å². The third-order valence-corrected chi connectivity index (χ3v) is 2.66. The molecule has 1 aliphatic rings. The third kappa shape index (κ3) is 2.04. The van der Waals surface area contributed by atoms with Crippen molar-refractivity contribution in [2.24, 2.45) is 0 Å². The number of benzene rings is 1. The lowest BCUT2D eigenvalue weighted by atomic mass is 9.97. The van der Waals surface area contributed by atoms with E-state index in [1.54, 1.807) is 6.07 Å². The van der Waals surface area contributed by atoms with Crippen molar-refractivity contribution in [3.05, 3.63) is 29.6 Å². The van der Waals surface area contributed by atoms with E-state index in [9.17, 15) is 4.39 Å². The van der Waals surface area contributed by atoms with Gasteiger partial charge in [-0.2, -0.15) is 0 Å².